The van der Waals surface area contributed by atoms with E-state index in [0.717, 1.165) is 5.69 Å². The van der Waals surface area contributed by atoms with E-state index in [4.69, 9.17) is 11.6 Å². The average molecular weight is 266 g/mol. The van der Waals surface area contributed by atoms with Crippen molar-refractivity contribution in [1.82, 2.24) is 19.7 Å². The average Bonchev–Trinajstić information content (AvgIpc) is 2.70. The van der Waals surface area contributed by atoms with Crippen LogP contribution in [0.2, 0.25) is 5.28 Å². The lowest BCUT2D eigenvalue weighted by Gasteiger charge is -2.03. The van der Waals surface area contributed by atoms with Crippen molar-refractivity contribution in [2.45, 2.75) is 13.3 Å². The van der Waals surface area contributed by atoms with Gasteiger partial charge in [0.2, 0.25) is 5.28 Å². The number of hydrogen-bond acceptors (Lipinski definition) is 4. The second-order valence-corrected chi connectivity index (χ2v) is 4.02. The van der Waals surface area contributed by atoms with Gasteiger partial charge in [-0.05, 0) is 24.1 Å². The van der Waals surface area contributed by atoms with Crippen molar-refractivity contribution in [3.8, 4) is 0 Å². The van der Waals surface area contributed by atoms with Crippen molar-refractivity contribution >= 4 is 23.3 Å². The number of hydrogen-bond donors (Lipinski definition) is 1. The SMILES string of the molecule is CCc1nn(C)cc1C(=O)Nc1ccnc(Cl)n1. The number of amides is 1. The van der Waals surface area contributed by atoms with Gasteiger partial charge in [-0.2, -0.15) is 5.10 Å². The highest BCUT2D eigenvalue weighted by Gasteiger charge is 2.14. The lowest BCUT2D eigenvalue weighted by Crippen LogP contribution is -2.14. The van der Waals surface area contributed by atoms with Crippen molar-refractivity contribution in [3.63, 3.8) is 0 Å². The molecule has 0 aliphatic heterocycles. The molecule has 6 nitrogen and oxygen atoms in total. The summed E-state index contributed by atoms with van der Waals surface area (Å²) in [5.41, 5.74) is 1.28. The molecule has 94 valence electrons. The molecule has 1 amide bonds. The maximum atomic E-state index is 12.1. The molecule has 0 spiro atoms. The Balaban J connectivity index is 2.21. The molecule has 1 N–H and O–H groups in total. The Hall–Kier alpha value is -1.95. The molecule has 0 aliphatic carbocycles. The molecule has 0 fully saturated rings. The highest BCUT2D eigenvalue weighted by molar-refractivity contribution is 6.28. The van der Waals surface area contributed by atoms with Gasteiger partial charge >= 0.3 is 0 Å². The van der Waals surface area contributed by atoms with Crippen molar-refractivity contribution < 1.29 is 4.79 Å². The molecule has 2 heterocycles. The fourth-order valence-corrected chi connectivity index (χ4v) is 1.72. The maximum absolute atomic E-state index is 12.1. The first kappa shape index (κ1) is 12.5. The summed E-state index contributed by atoms with van der Waals surface area (Å²) < 4.78 is 1.61. The van der Waals surface area contributed by atoms with Gasteiger partial charge in [-0.1, -0.05) is 6.92 Å². The first-order valence-electron chi connectivity index (χ1n) is 5.42. The van der Waals surface area contributed by atoms with Crippen LogP contribution in [0.3, 0.4) is 0 Å². The van der Waals surface area contributed by atoms with Crippen molar-refractivity contribution in [2.75, 3.05) is 5.32 Å². The van der Waals surface area contributed by atoms with Crippen LogP contribution in [0.1, 0.15) is 23.0 Å². The van der Waals surface area contributed by atoms with Crippen LogP contribution in [-0.2, 0) is 13.5 Å². The Labute approximate surface area is 109 Å². The number of anilines is 1. The van der Waals surface area contributed by atoms with Gasteiger partial charge in [0.05, 0.1) is 11.3 Å². The third kappa shape index (κ3) is 2.65. The van der Waals surface area contributed by atoms with E-state index in [1.807, 2.05) is 6.92 Å². The van der Waals surface area contributed by atoms with Crippen LogP contribution in [-0.4, -0.2) is 25.7 Å². The summed E-state index contributed by atoms with van der Waals surface area (Å²) in [4.78, 5) is 19.7. The van der Waals surface area contributed by atoms with Gasteiger partial charge in [-0.3, -0.25) is 9.48 Å². The van der Waals surface area contributed by atoms with E-state index >= 15 is 0 Å². The molecule has 2 aromatic rings. The van der Waals surface area contributed by atoms with Crippen molar-refractivity contribution in [1.29, 1.82) is 0 Å². The van der Waals surface area contributed by atoms with Gasteiger partial charge < -0.3 is 5.32 Å². The highest BCUT2D eigenvalue weighted by Crippen LogP contribution is 2.11. The molecule has 0 saturated carbocycles. The number of carbonyl (C=O) groups excluding carboxylic acids is 1. The molecule has 2 aromatic heterocycles. The Morgan fingerprint density at radius 3 is 3.00 bits per heavy atom. The van der Waals surface area contributed by atoms with Gasteiger partial charge in [0, 0.05) is 19.4 Å². The number of rotatable bonds is 3. The Kier molecular flexibility index (Phi) is 3.57. The van der Waals surface area contributed by atoms with Crippen LogP contribution in [0.15, 0.2) is 18.5 Å². The molecule has 0 aliphatic rings. The first-order chi connectivity index (χ1) is 8.60. The number of carbonyl (C=O) groups is 1. The lowest BCUT2D eigenvalue weighted by molar-refractivity contribution is 0.102. The van der Waals surface area contributed by atoms with Crippen LogP contribution in [0.4, 0.5) is 5.82 Å². The summed E-state index contributed by atoms with van der Waals surface area (Å²) in [5, 5.41) is 6.96. The lowest BCUT2D eigenvalue weighted by atomic mass is 10.2. The molecule has 0 atom stereocenters. The third-order valence-electron chi connectivity index (χ3n) is 2.35. The van der Waals surface area contributed by atoms with Crippen LogP contribution in [0, 0.1) is 0 Å². The number of nitrogens with one attached hydrogen (secondary N) is 1. The summed E-state index contributed by atoms with van der Waals surface area (Å²) in [6.07, 6.45) is 3.85. The predicted octanol–water partition coefficient (Wildman–Crippen LogP) is 1.68. The second kappa shape index (κ2) is 5.14. The molecule has 0 unspecified atom stereocenters. The monoisotopic (exact) mass is 265 g/mol. The summed E-state index contributed by atoms with van der Waals surface area (Å²) >= 11 is 5.65. The fraction of sp³-hybridized carbons (Fsp3) is 0.273. The Morgan fingerprint density at radius 1 is 1.56 bits per heavy atom. The van der Waals surface area contributed by atoms with Crippen LogP contribution >= 0.6 is 11.6 Å². The third-order valence-corrected chi connectivity index (χ3v) is 2.53. The largest absolute Gasteiger partial charge is 0.306 e. The van der Waals surface area contributed by atoms with Gasteiger partial charge in [-0.15, -0.1) is 0 Å². The predicted molar refractivity (Wildman–Crippen MR) is 67.6 cm³/mol. The van der Waals surface area contributed by atoms with Crippen LogP contribution in [0.25, 0.3) is 0 Å². The van der Waals surface area contributed by atoms with Crippen LogP contribution < -0.4 is 5.32 Å². The Morgan fingerprint density at radius 2 is 2.33 bits per heavy atom. The fourth-order valence-electron chi connectivity index (χ4n) is 1.57. The molecule has 0 bridgehead atoms. The van der Waals surface area contributed by atoms with Gasteiger partial charge in [0.15, 0.2) is 0 Å². The zero-order chi connectivity index (χ0) is 13.1. The van der Waals surface area contributed by atoms with Crippen LogP contribution in [0.5, 0.6) is 0 Å². The normalized spacial score (nSPS) is 10.4. The molecule has 0 aromatic carbocycles. The van der Waals surface area contributed by atoms with Gasteiger partial charge in [-0.25, -0.2) is 9.97 Å². The van der Waals surface area contributed by atoms with E-state index in [2.05, 4.69) is 20.4 Å². The van der Waals surface area contributed by atoms with Crippen molar-refractivity contribution in [3.05, 3.63) is 35.0 Å². The number of aryl methyl sites for hydroxylation is 2. The molecular weight excluding hydrogens is 254 g/mol. The first-order valence-corrected chi connectivity index (χ1v) is 5.80. The summed E-state index contributed by atoms with van der Waals surface area (Å²) in [6.45, 7) is 1.95. The van der Waals surface area contributed by atoms with Gasteiger partial charge in [0.25, 0.3) is 5.91 Å². The molecule has 18 heavy (non-hydrogen) atoms. The molecule has 0 saturated heterocycles. The molecule has 7 heteroatoms. The zero-order valence-electron chi connectivity index (χ0n) is 10.0. The minimum absolute atomic E-state index is 0.0923. The number of nitrogens with zero attached hydrogens (tertiary/aromatic N) is 4. The van der Waals surface area contributed by atoms with E-state index in [1.165, 1.54) is 6.20 Å². The number of aromatic nitrogens is 4. The summed E-state index contributed by atoms with van der Waals surface area (Å²) in [7, 11) is 1.78. The second-order valence-electron chi connectivity index (χ2n) is 3.68. The molecule has 0 radical (unpaired) electrons. The van der Waals surface area contributed by atoms with E-state index in [9.17, 15) is 4.79 Å². The number of halogens is 1. The van der Waals surface area contributed by atoms with E-state index in [1.54, 1.807) is 24.0 Å². The zero-order valence-corrected chi connectivity index (χ0v) is 10.8. The van der Waals surface area contributed by atoms with Gasteiger partial charge in [0.1, 0.15) is 5.82 Å². The summed E-state index contributed by atoms with van der Waals surface area (Å²) in [5.74, 6) is 0.112. The van der Waals surface area contributed by atoms with E-state index in [-0.39, 0.29) is 11.2 Å². The minimum Gasteiger partial charge on any atom is -0.306 e. The maximum Gasteiger partial charge on any atom is 0.260 e. The molecule has 2 rings (SSSR count). The van der Waals surface area contributed by atoms with E-state index < -0.39 is 0 Å². The highest BCUT2D eigenvalue weighted by atomic mass is 35.5. The smallest absolute Gasteiger partial charge is 0.260 e. The topological polar surface area (TPSA) is 72.7 Å². The quantitative estimate of drug-likeness (QED) is 0.857. The standard InChI is InChI=1S/C11H12ClN5O/c1-3-8-7(6-17(2)16-8)10(18)14-9-4-5-13-11(12)15-9/h4-6H,3H2,1-2H3,(H,13,14,15,18). The Bertz CT molecular complexity index is 581. The molecular formula is C11H12ClN5O. The summed E-state index contributed by atoms with van der Waals surface area (Å²) in [6, 6.07) is 1.58. The van der Waals surface area contributed by atoms with Crippen molar-refractivity contribution in [2.24, 2.45) is 7.05 Å². The minimum atomic E-state index is -0.255. The van der Waals surface area contributed by atoms with E-state index in [0.29, 0.717) is 17.8 Å².